The molecule has 0 fully saturated rings. The molecule has 1 heterocycles. The Labute approximate surface area is 114 Å². The van der Waals surface area contributed by atoms with Crippen molar-refractivity contribution < 1.29 is 19.0 Å². The lowest BCUT2D eigenvalue weighted by molar-refractivity contribution is -0.131. The lowest BCUT2D eigenvalue weighted by Crippen LogP contribution is -1.96. The van der Waals surface area contributed by atoms with Gasteiger partial charge in [-0.05, 0) is 23.3 Å². The summed E-state index contributed by atoms with van der Waals surface area (Å²) < 4.78 is 18.9. The van der Waals surface area contributed by atoms with Gasteiger partial charge in [-0.2, -0.15) is 0 Å². The second-order valence-corrected chi connectivity index (χ2v) is 4.48. The van der Waals surface area contributed by atoms with Crippen LogP contribution >= 0.6 is 0 Å². The topological polar surface area (TPSA) is 46.5 Å². The molecule has 20 heavy (non-hydrogen) atoms. The number of ether oxygens (including phenoxy) is 1. The zero-order chi connectivity index (χ0) is 14.1. The van der Waals surface area contributed by atoms with Crippen molar-refractivity contribution in [1.82, 2.24) is 0 Å². The maximum atomic E-state index is 13.3. The van der Waals surface area contributed by atoms with Gasteiger partial charge in [0.25, 0.3) is 0 Å². The van der Waals surface area contributed by atoms with E-state index in [9.17, 15) is 9.18 Å². The maximum Gasteiger partial charge on any atom is 0.328 e. The SMILES string of the molecule is O=C(O)C=C1c2ccccc2COc2cc(F)ccc21. The fourth-order valence-electron chi connectivity index (χ4n) is 2.33. The maximum absolute atomic E-state index is 13.3. The van der Waals surface area contributed by atoms with E-state index in [1.165, 1.54) is 12.1 Å². The molecule has 3 nitrogen and oxygen atoms in total. The molecule has 3 rings (SSSR count). The van der Waals surface area contributed by atoms with Gasteiger partial charge >= 0.3 is 5.97 Å². The molecular weight excluding hydrogens is 259 g/mol. The molecule has 0 radical (unpaired) electrons. The molecule has 0 aliphatic carbocycles. The summed E-state index contributed by atoms with van der Waals surface area (Å²) in [6.45, 7) is 0.281. The summed E-state index contributed by atoms with van der Waals surface area (Å²) in [5.74, 6) is -1.11. The van der Waals surface area contributed by atoms with Crippen molar-refractivity contribution in [3.05, 3.63) is 71.0 Å². The fraction of sp³-hybridized carbons (Fsp3) is 0.0625. The largest absolute Gasteiger partial charge is 0.488 e. The summed E-state index contributed by atoms with van der Waals surface area (Å²) in [7, 11) is 0. The second-order valence-electron chi connectivity index (χ2n) is 4.48. The van der Waals surface area contributed by atoms with Crippen LogP contribution in [0.2, 0.25) is 0 Å². The summed E-state index contributed by atoms with van der Waals surface area (Å²) in [5.41, 5.74) is 2.77. The van der Waals surface area contributed by atoms with Crippen molar-refractivity contribution >= 4 is 11.5 Å². The quantitative estimate of drug-likeness (QED) is 0.809. The minimum absolute atomic E-state index is 0.281. The summed E-state index contributed by atoms with van der Waals surface area (Å²) in [6.07, 6.45) is 1.13. The van der Waals surface area contributed by atoms with Crippen molar-refractivity contribution in [1.29, 1.82) is 0 Å². The highest BCUT2D eigenvalue weighted by atomic mass is 19.1. The van der Waals surface area contributed by atoms with Crippen LogP contribution in [0, 0.1) is 5.82 Å². The third-order valence-electron chi connectivity index (χ3n) is 3.19. The van der Waals surface area contributed by atoms with Crippen LogP contribution in [-0.2, 0) is 11.4 Å². The number of hydrogen-bond acceptors (Lipinski definition) is 2. The Morgan fingerprint density at radius 1 is 1.20 bits per heavy atom. The first-order chi connectivity index (χ1) is 9.65. The van der Waals surface area contributed by atoms with Crippen LogP contribution in [0.15, 0.2) is 48.5 Å². The van der Waals surface area contributed by atoms with Crippen LogP contribution < -0.4 is 4.74 Å². The molecule has 1 aliphatic rings. The van der Waals surface area contributed by atoms with E-state index in [-0.39, 0.29) is 6.61 Å². The Morgan fingerprint density at radius 3 is 2.80 bits per heavy atom. The van der Waals surface area contributed by atoms with Gasteiger partial charge in [-0.3, -0.25) is 0 Å². The molecule has 0 atom stereocenters. The number of carboxylic acid groups (broad SMARTS) is 1. The van der Waals surface area contributed by atoms with E-state index in [0.29, 0.717) is 16.9 Å². The smallest absolute Gasteiger partial charge is 0.328 e. The van der Waals surface area contributed by atoms with Crippen molar-refractivity contribution in [3.8, 4) is 5.75 Å². The van der Waals surface area contributed by atoms with Crippen LogP contribution in [0.3, 0.4) is 0 Å². The first-order valence-electron chi connectivity index (χ1n) is 6.11. The van der Waals surface area contributed by atoms with Gasteiger partial charge in [-0.1, -0.05) is 24.3 Å². The number of fused-ring (bicyclic) bond motifs is 2. The van der Waals surface area contributed by atoms with E-state index in [1.54, 1.807) is 6.07 Å². The predicted octanol–water partition coefficient (Wildman–Crippen LogP) is 3.23. The van der Waals surface area contributed by atoms with Gasteiger partial charge in [0, 0.05) is 23.3 Å². The van der Waals surface area contributed by atoms with E-state index in [4.69, 9.17) is 9.84 Å². The molecule has 0 aromatic heterocycles. The van der Waals surface area contributed by atoms with Gasteiger partial charge < -0.3 is 9.84 Å². The van der Waals surface area contributed by atoms with Gasteiger partial charge in [0.1, 0.15) is 18.2 Å². The van der Waals surface area contributed by atoms with Gasteiger partial charge in [0.15, 0.2) is 0 Å². The highest BCUT2D eigenvalue weighted by Gasteiger charge is 2.20. The van der Waals surface area contributed by atoms with Gasteiger partial charge in [0.05, 0.1) is 0 Å². The molecule has 0 amide bonds. The number of carbonyl (C=O) groups is 1. The summed E-state index contributed by atoms with van der Waals surface area (Å²) in [5, 5.41) is 9.07. The fourth-order valence-corrected chi connectivity index (χ4v) is 2.33. The minimum Gasteiger partial charge on any atom is -0.488 e. The van der Waals surface area contributed by atoms with Crippen LogP contribution in [0.5, 0.6) is 5.75 Å². The minimum atomic E-state index is -1.05. The van der Waals surface area contributed by atoms with Crippen LogP contribution in [-0.4, -0.2) is 11.1 Å². The average molecular weight is 270 g/mol. The average Bonchev–Trinajstić information content (AvgIpc) is 2.57. The third-order valence-corrected chi connectivity index (χ3v) is 3.19. The Hall–Kier alpha value is -2.62. The van der Waals surface area contributed by atoms with Crippen LogP contribution in [0.1, 0.15) is 16.7 Å². The van der Waals surface area contributed by atoms with E-state index < -0.39 is 11.8 Å². The number of rotatable bonds is 1. The van der Waals surface area contributed by atoms with Crippen LogP contribution in [0.25, 0.3) is 5.57 Å². The molecule has 100 valence electrons. The van der Waals surface area contributed by atoms with Crippen molar-refractivity contribution in [2.75, 3.05) is 0 Å². The number of carboxylic acids is 1. The molecule has 4 heteroatoms. The van der Waals surface area contributed by atoms with Gasteiger partial charge in [-0.25, -0.2) is 9.18 Å². The van der Waals surface area contributed by atoms with Crippen molar-refractivity contribution in [2.24, 2.45) is 0 Å². The highest BCUT2D eigenvalue weighted by Crippen LogP contribution is 2.36. The standard InChI is InChI=1S/C16H11FO3/c17-11-5-6-13-14(8-16(18)19)12-4-2-1-3-10(12)9-20-15(13)7-11/h1-8H,9H2,(H,18,19). The van der Waals surface area contributed by atoms with Crippen molar-refractivity contribution in [3.63, 3.8) is 0 Å². The summed E-state index contributed by atoms with van der Waals surface area (Å²) >= 11 is 0. The van der Waals surface area contributed by atoms with E-state index in [2.05, 4.69) is 0 Å². The van der Waals surface area contributed by atoms with E-state index >= 15 is 0 Å². The van der Waals surface area contributed by atoms with Crippen molar-refractivity contribution in [2.45, 2.75) is 6.61 Å². The lowest BCUT2D eigenvalue weighted by atomic mass is 9.94. The first-order valence-corrected chi connectivity index (χ1v) is 6.11. The molecule has 0 spiro atoms. The third kappa shape index (κ3) is 2.16. The molecule has 1 aliphatic heterocycles. The van der Waals surface area contributed by atoms with Crippen LogP contribution in [0.4, 0.5) is 4.39 Å². The first kappa shape index (κ1) is 12.4. The number of hydrogen-bond donors (Lipinski definition) is 1. The highest BCUT2D eigenvalue weighted by molar-refractivity contribution is 5.97. The molecule has 2 aromatic rings. The Bertz CT molecular complexity index is 719. The molecule has 0 bridgehead atoms. The molecule has 0 unspecified atom stereocenters. The Balaban J connectivity index is 2.28. The molecule has 1 N–H and O–H groups in total. The second kappa shape index (κ2) is 4.81. The monoisotopic (exact) mass is 270 g/mol. The number of aliphatic carboxylic acids is 1. The number of benzene rings is 2. The molecule has 0 saturated carbocycles. The Morgan fingerprint density at radius 2 is 2.00 bits per heavy atom. The Kier molecular flexibility index (Phi) is 2.99. The zero-order valence-electron chi connectivity index (χ0n) is 10.5. The van der Waals surface area contributed by atoms with E-state index in [0.717, 1.165) is 17.2 Å². The molecule has 2 aromatic carbocycles. The number of halogens is 1. The zero-order valence-corrected chi connectivity index (χ0v) is 10.5. The normalized spacial score (nSPS) is 14.9. The molecule has 0 saturated heterocycles. The summed E-state index contributed by atoms with van der Waals surface area (Å²) in [6, 6.07) is 11.5. The molecular formula is C16H11FO3. The van der Waals surface area contributed by atoms with Gasteiger partial charge in [-0.15, -0.1) is 0 Å². The summed E-state index contributed by atoms with van der Waals surface area (Å²) in [4.78, 5) is 11.1. The van der Waals surface area contributed by atoms with E-state index in [1.807, 2.05) is 24.3 Å². The lowest BCUT2D eigenvalue weighted by Gasteiger charge is -2.09. The predicted molar refractivity (Wildman–Crippen MR) is 71.9 cm³/mol. The van der Waals surface area contributed by atoms with Gasteiger partial charge in [0.2, 0.25) is 0 Å².